The predicted octanol–water partition coefficient (Wildman–Crippen LogP) is 7.18. The highest BCUT2D eigenvalue weighted by molar-refractivity contribution is 9.13. The molecule has 98 valence electrons. The summed E-state index contributed by atoms with van der Waals surface area (Å²) in [6, 6.07) is 5.16. The Morgan fingerprint density at radius 3 is 2.26 bits per heavy atom. The molecule has 3 rings (SSSR count). The number of ether oxygens (including phenoxy) is 2. The van der Waals surface area contributed by atoms with Crippen molar-refractivity contribution in [3.63, 3.8) is 0 Å². The molecule has 0 aliphatic carbocycles. The van der Waals surface area contributed by atoms with E-state index in [9.17, 15) is 0 Å². The van der Waals surface area contributed by atoms with Crippen molar-refractivity contribution in [3.8, 4) is 23.0 Å². The first-order valence-corrected chi connectivity index (χ1v) is 8.13. The molecule has 19 heavy (non-hydrogen) atoms. The van der Waals surface area contributed by atoms with Crippen molar-refractivity contribution >= 4 is 71.0 Å². The Morgan fingerprint density at radius 2 is 1.53 bits per heavy atom. The number of rotatable bonds is 0. The Bertz CT molecular complexity index is 704. The van der Waals surface area contributed by atoms with Gasteiger partial charge in [-0.2, -0.15) is 0 Å². The van der Waals surface area contributed by atoms with Gasteiger partial charge in [-0.15, -0.1) is 0 Å². The standard InChI is InChI=1S/C12H3Br3Cl2O2/c13-5-3-7(17)11-12(9(5)15)18-8-2-4(16)1-6(14)10(8)19-11/h1-3H. The first-order chi connectivity index (χ1) is 8.97. The lowest BCUT2D eigenvalue weighted by Crippen LogP contribution is -2.01. The Kier molecular flexibility index (Phi) is 3.77. The van der Waals surface area contributed by atoms with Crippen molar-refractivity contribution in [1.29, 1.82) is 0 Å². The topological polar surface area (TPSA) is 18.5 Å². The molecule has 0 N–H and O–H groups in total. The summed E-state index contributed by atoms with van der Waals surface area (Å²) in [4.78, 5) is 0. The molecule has 2 aromatic rings. The van der Waals surface area contributed by atoms with Crippen molar-refractivity contribution in [2.45, 2.75) is 0 Å². The van der Waals surface area contributed by atoms with Crippen molar-refractivity contribution in [3.05, 3.63) is 41.7 Å². The lowest BCUT2D eigenvalue weighted by Gasteiger charge is -2.24. The third-order valence-electron chi connectivity index (χ3n) is 2.48. The molecule has 0 amide bonds. The average Bonchev–Trinajstić information content (AvgIpc) is 2.34. The molecular weight excluding hydrogens is 487 g/mol. The number of hydrogen-bond acceptors (Lipinski definition) is 2. The minimum Gasteiger partial charge on any atom is -0.448 e. The van der Waals surface area contributed by atoms with Crippen LogP contribution in [0.2, 0.25) is 10.0 Å². The molecule has 0 bridgehead atoms. The monoisotopic (exact) mass is 486 g/mol. The van der Waals surface area contributed by atoms with Gasteiger partial charge in [0.2, 0.25) is 0 Å². The third-order valence-corrected chi connectivity index (χ3v) is 5.51. The SMILES string of the molecule is Clc1cc(Br)c2c(c1)Oc1c(Br)c(Br)cc(Cl)c1O2. The van der Waals surface area contributed by atoms with E-state index in [-0.39, 0.29) is 0 Å². The van der Waals surface area contributed by atoms with Gasteiger partial charge >= 0.3 is 0 Å². The van der Waals surface area contributed by atoms with Gasteiger partial charge in [0.15, 0.2) is 23.0 Å². The summed E-state index contributed by atoms with van der Waals surface area (Å²) in [5.41, 5.74) is 0. The molecule has 0 saturated carbocycles. The Balaban J connectivity index is 2.22. The summed E-state index contributed by atoms with van der Waals surface area (Å²) in [5, 5.41) is 1.01. The fourth-order valence-corrected chi connectivity index (χ4v) is 3.68. The summed E-state index contributed by atoms with van der Waals surface area (Å²) in [6.45, 7) is 0. The van der Waals surface area contributed by atoms with Crippen LogP contribution in [0.4, 0.5) is 0 Å². The summed E-state index contributed by atoms with van der Waals surface area (Å²) in [6.07, 6.45) is 0. The van der Waals surface area contributed by atoms with Crippen LogP contribution in [0.5, 0.6) is 23.0 Å². The predicted molar refractivity (Wildman–Crippen MR) is 86.2 cm³/mol. The molecule has 2 aromatic carbocycles. The second-order valence-electron chi connectivity index (χ2n) is 3.73. The van der Waals surface area contributed by atoms with Crippen LogP contribution in [0.25, 0.3) is 0 Å². The highest BCUT2D eigenvalue weighted by Crippen LogP contribution is 2.55. The highest BCUT2D eigenvalue weighted by Gasteiger charge is 2.27. The first-order valence-electron chi connectivity index (χ1n) is 4.99. The summed E-state index contributed by atoms with van der Waals surface area (Å²) < 4.78 is 13.9. The highest BCUT2D eigenvalue weighted by atomic mass is 79.9. The molecule has 0 atom stereocenters. The maximum atomic E-state index is 6.17. The molecule has 2 nitrogen and oxygen atoms in total. The summed E-state index contributed by atoms with van der Waals surface area (Å²) >= 11 is 22.4. The molecule has 1 aliphatic rings. The van der Waals surface area contributed by atoms with Crippen molar-refractivity contribution in [2.75, 3.05) is 0 Å². The molecule has 0 fully saturated rings. The van der Waals surface area contributed by atoms with E-state index in [0.29, 0.717) is 37.5 Å². The van der Waals surface area contributed by atoms with E-state index >= 15 is 0 Å². The van der Waals surface area contributed by atoms with Gasteiger partial charge in [0.05, 0.1) is 14.0 Å². The van der Waals surface area contributed by atoms with E-state index in [0.717, 1.165) is 8.95 Å². The van der Waals surface area contributed by atoms with Gasteiger partial charge in [-0.3, -0.25) is 0 Å². The van der Waals surface area contributed by atoms with Gasteiger partial charge < -0.3 is 9.47 Å². The molecular formula is C12H3Br3Cl2O2. The average molecular weight is 490 g/mol. The van der Waals surface area contributed by atoms with Crippen molar-refractivity contribution in [2.24, 2.45) is 0 Å². The molecule has 0 unspecified atom stereocenters. The molecule has 0 saturated heterocycles. The summed E-state index contributed by atoms with van der Waals surface area (Å²) in [5.74, 6) is 2.06. The Morgan fingerprint density at radius 1 is 0.789 bits per heavy atom. The molecule has 0 radical (unpaired) electrons. The number of benzene rings is 2. The molecule has 0 aromatic heterocycles. The minimum absolute atomic E-state index is 0.456. The van der Waals surface area contributed by atoms with Gasteiger partial charge in [-0.25, -0.2) is 0 Å². The zero-order valence-corrected chi connectivity index (χ0v) is 15.2. The second-order valence-corrected chi connectivity index (χ2v) is 7.08. The van der Waals surface area contributed by atoms with Crippen LogP contribution in [-0.2, 0) is 0 Å². The second kappa shape index (κ2) is 5.11. The van der Waals surface area contributed by atoms with E-state index in [4.69, 9.17) is 32.7 Å². The van der Waals surface area contributed by atoms with Crippen LogP contribution in [0.3, 0.4) is 0 Å². The van der Waals surface area contributed by atoms with Gasteiger partial charge in [-0.1, -0.05) is 23.2 Å². The van der Waals surface area contributed by atoms with Crippen LogP contribution >= 0.6 is 71.0 Å². The van der Waals surface area contributed by atoms with Gasteiger partial charge in [0.25, 0.3) is 0 Å². The fourth-order valence-electron chi connectivity index (χ4n) is 1.67. The van der Waals surface area contributed by atoms with Crippen molar-refractivity contribution < 1.29 is 9.47 Å². The van der Waals surface area contributed by atoms with Crippen molar-refractivity contribution in [1.82, 2.24) is 0 Å². The van der Waals surface area contributed by atoms with E-state index in [1.165, 1.54) is 0 Å². The maximum Gasteiger partial charge on any atom is 0.190 e. The van der Waals surface area contributed by atoms with E-state index in [1.807, 2.05) is 0 Å². The van der Waals surface area contributed by atoms with Crippen LogP contribution in [0.1, 0.15) is 0 Å². The minimum atomic E-state index is 0.456. The molecule has 1 heterocycles. The maximum absolute atomic E-state index is 6.17. The summed E-state index contributed by atoms with van der Waals surface area (Å²) in [7, 11) is 0. The fraction of sp³-hybridized carbons (Fsp3) is 0. The first kappa shape index (κ1) is 14.0. The van der Waals surface area contributed by atoms with Gasteiger partial charge in [0, 0.05) is 15.6 Å². The van der Waals surface area contributed by atoms with E-state index in [2.05, 4.69) is 47.8 Å². The van der Waals surface area contributed by atoms with Crippen LogP contribution in [0, 0.1) is 0 Å². The van der Waals surface area contributed by atoms with Crippen LogP contribution in [-0.4, -0.2) is 0 Å². The molecule has 7 heteroatoms. The van der Waals surface area contributed by atoms with E-state index in [1.54, 1.807) is 18.2 Å². The molecule has 1 aliphatic heterocycles. The van der Waals surface area contributed by atoms with Gasteiger partial charge in [0.1, 0.15) is 0 Å². The van der Waals surface area contributed by atoms with E-state index < -0.39 is 0 Å². The lowest BCUT2D eigenvalue weighted by molar-refractivity contribution is 0.356. The molecule has 0 spiro atoms. The zero-order chi connectivity index (χ0) is 13.7. The normalized spacial score (nSPS) is 12.3. The Labute approximate surface area is 144 Å². The quantitative estimate of drug-likeness (QED) is 0.311. The lowest BCUT2D eigenvalue weighted by atomic mass is 10.2. The number of hydrogen-bond donors (Lipinski definition) is 0. The van der Waals surface area contributed by atoms with Crippen LogP contribution in [0.15, 0.2) is 31.6 Å². The van der Waals surface area contributed by atoms with Gasteiger partial charge in [-0.05, 0) is 59.9 Å². The largest absolute Gasteiger partial charge is 0.448 e. The van der Waals surface area contributed by atoms with Crippen LogP contribution < -0.4 is 9.47 Å². The number of halogens is 5. The number of fused-ring (bicyclic) bond motifs is 2. The Hall–Kier alpha value is 0.0600. The third kappa shape index (κ3) is 2.40. The zero-order valence-electron chi connectivity index (χ0n) is 8.94. The smallest absolute Gasteiger partial charge is 0.190 e.